The first-order chi connectivity index (χ1) is 16.0. The molecule has 0 aliphatic heterocycles. The van der Waals surface area contributed by atoms with Crippen LogP contribution in [-0.2, 0) is 9.53 Å². The summed E-state index contributed by atoms with van der Waals surface area (Å²) in [5, 5.41) is 5.89. The molecular formula is C25H26N2O5S. The lowest BCUT2D eigenvalue weighted by Crippen LogP contribution is -2.15. The van der Waals surface area contributed by atoms with Gasteiger partial charge in [0.05, 0.1) is 23.7 Å². The second-order valence-electron chi connectivity index (χ2n) is 7.11. The number of rotatable bonds is 10. The van der Waals surface area contributed by atoms with Crippen LogP contribution in [0.4, 0.5) is 10.7 Å². The van der Waals surface area contributed by atoms with Crippen LogP contribution in [0.2, 0.25) is 0 Å². The molecule has 33 heavy (non-hydrogen) atoms. The van der Waals surface area contributed by atoms with E-state index in [0.717, 1.165) is 17.1 Å². The van der Waals surface area contributed by atoms with Crippen molar-refractivity contribution in [2.45, 2.75) is 26.7 Å². The summed E-state index contributed by atoms with van der Waals surface area (Å²) >= 11 is 1.06. The second-order valence-corrected chi connectivity index (χ2v) is 8.13. The third-order valence-electron chi connectivity index (χ3n) is 4.68. The van der Waals surface area contributed by atoms with Gasteiger partial charge in [-0.05, 0) is 50.1 Å². The van der Waals surface area contributed by atoms with Gasteiger partial charge in [-0.1, -0.05) is 36.4 Å². The van der Waals surface area contributed by atoms with E-state index in [4.69, 9.17) is 9.47 Å². The molecule has 0 spiro atoms. The zero-order valence-corrected chi connectivity index (χ0v) is 19.4. The van der Waals surface area contributed by atoms with Gasteiger partial charge in [0.25, 0.3) is 5.91 Å². The normalized spacial score (nSPS) is 10.4. The number of nitrogens with one attached hydrogen (secondary N) is 2. The van der Waals surface area contributed by atoms with Gasteiger partial charge in [0.1, 0.15) is 10.8 Å². The van der Waals surface area contributed by atoms with Crippen LogP contribution >= 0.6 is 11.3 Å². The average Bonchev–Trinajstić information content (AvgIpc) is 3.14. The van der Waals surface area contributed by atoms with Gasteiger partial charge in [0, 0.05) is 12.1 Å². The molecule has 0 unspecified atom stereocenters. The molecule has 3 rings (SSSR count). The average molecular weight is 467 g/mol. The van der Waals surface area contributed by atoms with Gasteiger partial charge in [0.15, 0.2) is 0 Å². The van der Waals surface area contributed by atoms with Crippen molar-refractivity contribution in [2.75, 3.05) is 23.8 Å². The fourth-order valence-corrected chi connectivity index (χ4v) is 4.21. The summed E-state index contributed by atoms with van der Waals surface area (Å²) in [5.41, 5.74) is 1.31. The Hall–Kier alpha value is -3.65. The molecule has 0 aliphatic rings. The second kappa shape index (κ2) is 11.8. The minimum absolute atomic E-state index is 0.184. The number of hydrogen-bond acceptors (Lipinski definition) is 6. The predicted molar refractivity (Wildman–Crippen MR) is 129 cm³/mol. The van der Waals surface area contributed by atoms with Gasteiger partial charge in [0.2, 0.25) is 5.91 Å². The Bertz CT molecular complexity index is 1100. The van der Waals surface area contributed by atoms with E-state index in [1.54, 1.807) is 26.0 Å². The Morgan fingerprint density at radius 1 is 0.939 bits per heavy atom. The van der Waals surface area contributed by atoms with Crippen LogP contribution in [0.5, 0.6) is 5.75 Å². The van der Waals surface area contributed by atoms with Crippen molar-refractivity contribution < 1.29 is 23.9 Å². The lowest BCUT2D eigenvalue weighted by Gasteiger charge is -2.08. The molecule has 0 aliphatic carbocycles. The Kier molecular flexibility index (Phi) is 8.60. The van der Waals surface area contributed by atoms with E-state index >= 15 is 0 Å². The monoisotopic (exact) mass is 466 g/mol. The minimum atomic E-state index is -0.576. The van der Waals surface area contributed by atoms with Gasteiger partial charge in [-0.2, -0.15) is 0 Å². The highest BCUT2D eigenvalue weighted by Crippen LogP contribution is 2.34. The van der Waals surface area contributed by atoms with Crippen molar-refractivity contribution in [3.8, 4) is 5.75 Å². The lowest BCUT2D eigenvalue weighted by molar-refractivity contribution is -0.116. The number of thiophene rings is 1. The molecule has 0 atom stereocenters. The van der Waals surface area contributed by atoms with Gasteiger partial charge < -0.3 is 20.1 Å². The largest absolute Gasteiger partial charge is 0.494 e. The van der Waals surface area contributed by atoms with Crippen molar-refractivity contribution in [3.05, 3.63) is 76.7 Å². The Morgan fingerprint density at radius 2 is 1.61 bits per heavy atom. The first-order valence-corrected chi connectivity index (χ1v) is 11.5. The van der Waals surface area contributed by atoms with Crippen molar-refractivity contribution in [1.29, 1.82) is 0 Å². The van der Waals surface area contributed by atoms with E-state index in [-0.39, 0.29) is 30.4 Å². The fourth-order valence-electron chi connectivity index (χ4n) is 3.11. The molecule has 0 bridgehead atoms. The zero-order chi connectivity index (χ0) is 23.6. The molecule has 7 nitrogen and oxygen atoms in total. The maximum Gasteiger partial charge on any atom is 0.341 e. The maximum atomic E-state index is 12.8. The first-order valence-electron chi connectivity index (χ1n) is 10.6. The molecule has 0 radical (unpaired) electrons. The topological polar surface area (TPSA) is 93.7 Å². The Balaban J connectivity index is 1.68. The van der Waals surface area contributed by atoms with Crippen LogP contribution in [-0.4, -0.2) is 31.0 Å². The van der Waals surface area contributed by atoms with Gasteiger partial charge in [-0.25, -0.2) is 4.79 Å². The molecule has 0 saturated carbocycles. The van der Waals surface area contributed by atoms with Gasteiger partial charge in [-0.3, -0.25) is 9.59 Å². The first kappa shape index (κ1) is 24.0. The smallest absolute Gasteiger partial charge is 0.341 e. The quantitative estimate of drug-likeness (QED) is 0.313. The molecule has 172 valence electrons. The third-order valence-corrected chi connectivity index (χ3v) is 5.88. The van der Waals surface area contributed by atoms with E-state index in [2.05, 4.69) is 10.6 Å². The van der Waals surface area contributed by atoms with Crippen molar-refractivity contribution in [2.24, 2.45) is 0 Å². The van der Waals surface area contributed by atoms with Crippen LogP contribution in [0.3, 0.4) is 0 Å². The highest BCUT2D eigenvalue weighted by atomic mass is 32.1. The van der Waals surface area contributed by atoms with Crippen LogP contribution < -0.4 is 15.4 Å². The van der Waals surface area contributed by atoms with E-state index in [1.807, 2.05) is 48.5 Å². The zero-order valence-electron chi connectivity index (χ0n) is 18.6. The van der Waals surface area contributed by atoms with Crippen molar-refractivity contribution >= 4 is 39.8 Å². The summed E-state index contributed by atoms with van der Waals surface area (Å²) in [4.78, 5) is 38.3. The van der Waals surface area contributed by atoms with E-state index < -0.39 is 5.97 Å². The number of amides is 2. The summed E-state index contributed by atoms with van der Waals surface area (Å²) in [6.45, 7) is 3.94. The number of hydrogen-bond donors (Lipinski definition) is 2. The molecule has 1 aromatic heterocycles. The van der Waals surface area contributed by atoms with Crippen LogP contribution in [0.1, 0.15) is 45.4 Å². The highest BCUT2D eigenvalue weighted by Gasteiger charge is 2.26. The van der Waals surface area contributed by atoms with E-state index in [9.17, 15) is 14.4 Å². The summed E-state index contributed by atoms with van der Waals surface area (Å²) in [5.74, 6) is -0.460. The summed E-state index contributed by atoms with van der Waals surface area (Å²) in [7, 11) is 0. The molecule has 2 N–H and O–H groups in total. The van der Waals surface area contributed by atoms with Crippen LogP contribution in [0, 0.1) is 6.92 Å². The predicted octanol–water partition coefficient (Wildman–Crippen LogP) is 5.28. The van der Waals surface area contributed by atoms with Crippen molar-refractivity contribution in [3.63, 3.8) is 0 Å². The van der Waals surface area contributed by atoms with E-state index in [1.165, 1.54) is 0 Å². The number of benzene rings is 2. The molecule has 0 fully saturated rings. The number of anilines is 2. The van der Waals surface area contributed by atoms with Crippen LogP contribution in [0.25, 0.3) is 0 Å². The molecule has 3 aromatic rings. The highest BCUT2D eigenvalue weighted by molar-refractivity contribution is 7.18. The molecular weight excluding hydrogens is 440 g/mol. The number of carbonyl (C=O) groups is 3. The lowest BCUT2D eigenvalue weighted by atomic mass is 10.1. The number of carbonyl (C=O) groups excluding carboxylic acids is 3. The van der Waals surface area contributed by atoms with Crippen molar-refractivity contribution in [1.82, 2.24) is 0 Å². The maximum absolute atomic E-state index is 12.8. The molecule has 1 heterocycles. The SMILES string of the molecule is CCOC(=O)c1c(NC(=O)CCCOc2ccccc2)sc(C(=O)Nc2ccccc2)c1C. The van der Waals surface area contributed by atoms with Crippen LogP contribution in [0.15, 0.2) is 60.7 Å². The summed E-state index contributed by atoms with van der Waals surface area (Å²) in [6, 6.07) is 18.4. The molecule has 2 aromatic carbocycles. The number of para-hydroxylation sites is 2. The van der Waals surface area contributed by atoms with Gasteiger partial charge >= 0.3 is 5.97 Å². The Labute approximate surface area is 196 Å². The molecule has 8 heteroatoms. The summed E-state index contributed by atoms with van der Waals surface area (Å²) in [6.07, 6.45) is 0.707. The number of ether oxygens (including phenoxy) is 2. The fraction of sp³-hybridized carbons (Fsp3) is 0.240. The third kappa shape index (κ3) is 6.66. The minimum Gasteiger partial charge on any atom is -0.494 e. The summed E-state index contributed by atoms with van der Waals surface area (Å²) < 4.78 is 10.8. The van der Waals surface area contributed by atoms with Gasteiger partial charge in [-0.15, -0.1) is 11.3 Å². The number of esters is 1. The standard InChI is InChI=1S/C25H26N2O5S/c1-3-31-25(30)21-17(2)22(23(29)26-18-11-6-4-7-12-18)33-24(21)27-20(28)15-10-16-32-19-13-8-5-9-14-19/h4-9,11-14H,3,10,15-16H2,1-2H3,(H,26,29)(H,27,28). The van der Waals surface area contributed by atoms with E-state index in [0.29, 0.717) is 34.2 Å². The Morgan fingerprint density at radius 3 is 2.27 bits per heavy atom. The molecule has 2 amide bonds. The molecule has 0 saturated heterocycles.